The van der Waals surface area contributed by atoms with E-state index in [1.54, 1.807) is 18.2 Å². The monoisotopic (exact) mass is 524 g/mol. The molecule has 3 aromatic rings. The number of alkyl carbamates (subject to hydrolysis) is 1. The lowest BCUT2D eigenvalue weighted by atomic mass is 10.0. The van der Waals surface area contributed by atoms with Crippen LogP contribution in [0.2, 0.25) is 0 Å². The molecule has 0 unspecified atom stereocenters. The first-order valence-corrected chi connectivity index (χ1v) is 11.5. The van der Waals surface area contributed by atoms with Crippen LogP contribution in [0.1, 0.15) is 16.7 Å². The molecule has 3 N–H and O–H groups in total. The largest absolute Gasteiger partial charge is 0.480 e. The van der Waals surface area contributed by atoms with Gasteiger partial charge in [0.25, 0.3) is 0 Å². The van der Waals surface area contributed by atoms with Gasteiger partial charge >= 0.3 is 12.1 Å². The second kappa shape index (κ2) is 12.6. The Labute approximate surface area is 206 Å². The molecule has 0 aromatic heterocycles. The molecule has 0 saturated heterocycles. The molecule has 0 aliphatic heterocycles. The second-order valence-electron chi connectivity index (χ2n) is 7.64. The van der Waals surface area contributed by atoms with Crippen molar-refractivity contribution in [3.8, 4) is 0 Å². The van der Waals surface area contributed by atoms with E-state index in [0.717, 1.165) is 21.2 Å². The van der Waals surface area contributed by atoms with Crippen molar-refractivity contribution in [2.24, 2.45) is 0 Å². The lowest BCUT2D eigenvalue weighted by Crippen LogP contribution is -2.53. The maximum atomic E-state index is 13.1. The van der Waals surface area contributed by atoms with Crippen molar-refractivity contribution in [1.29, 1.82) is 0 Å². The van der Waals surface area contributed by atoms with E-state index in [1.807, 2.05) is 66.7 Å². The number of amides is 2. The first-order valence-electron chi connectivity index (χ1n) is 10.7. The molecular formula is C26H25BrN2O5. The van der Waals surface area contributed by atoms with Gasteiger partial charge in [-0.1, -0.05) is 94.8 Å². The van der Waals surface area contributed by atoms with E-state index in [1.165, 1.54) is 0 Å². The minimum Gasteiger partial charge on any atom is -0.480 e. The predicted molar refractivity (Wildman–Crippen MR) is 131 cm³/mol. The van der Waals surface area contributed by atoms with Gasteiger partial charge in [0.2, 0.25) is 5.91 Å². The summed E-state index contributed by atoms with van der Waals surface area (Å²) >= 11 is 3.40. The van der Waals surface area contributed by atoms with Crippen molar-refractivity contribution in [1.82, 2.24) is 10.6 Å². The number of hydrogen-bond donors (Lipinski definition) is 3. The van der Waals surface area contributed by atoms with Crippen LogP contribution in [0.25, 0.3) is 0 Å². The van der Waals surface area contributed by atoms with E-state index in [9.17, 15) is 19.5 Å². The number of nitrogens with one attached hydrogen (secondary N) is 2. The van der Waals surface area contributed by atoms with Crippen molar-refractivity contribution < 1.29 is 24.2 Å². The third-order valence-electron chi connectivity index (χ3n) is 5.10. The average molecular weight is 525 g/mol. The van der Waals surface area contributed by atoms with Crippen molar-refractivity contribution in [3.05, 3.63) is 106 Å². The summed E-state index contributed by atoms with van der Waals surface area (Å²) in [6.45, 7) is 0.0478. The minimum absolute atomic E-state index is 0.0478. The van der Waals surface area contributed by atoms with Crippen LogP contribution in [-0.4, -0.2) is 35.2 Å². The molecule has 3 rings (SSSR count). The number of ether oxygens (including phenoxy) is 1. The number of carboxylic acid groups (broad SMARTS) is 1. The van der Waals surface area contributed by atoms with Gasteiger partial charge in [0.15, 0.2) is 0 Å². The number of benzene rings is 3. The van der Waals surface area contributed by atoms with Gasteiger partial charge in [-0.2, -0.15) is 0 Å². The van der Waals surface area contributed by atoms with Crippen molar-refractivity contribution in [2.45, 2.75) is 31.5 Å². The number of halogens is 1. The fraction of sp³-hybridized carbons (Fsp3) is 0.192. The van der Waals surface area contributed by atoms with Crippen LogP contribution in [0, 0.1) is 0 Å². The summed E-state index contributed by atoms with van der Waals surface area (Å²) in [6.07, 6.45) is -0.509. The molecule has 8 heteroatoms. The summed E-state index contributed by atoms with van der Waals surface area (Å²) in [5.74, 6) is -1.78. The first kappa shape index (κ1) is 25.0. The molecule has 0 fully saturated rings. The topological polar surface area (TPSA) is 105 Å². The third kappa shape index (κ3) is 7.74. The Morgan fingerprint density at radius 1 is 0.765 bits per heavy atom. The molecule has 7 nitrogen and oxygen atoms in total. The Morgan fingerprint density at radius 3 is 1.97 bits per heavy atom. The SMILES string of the molecule is O=C(N[C@@H](Cc1ccccc1)C(=O)N[C@@H](Cc1ccccc1Br)C(=O)O)OCc1ccccc1. The number of hydrogen-bond acceptors (Lipinski definition) is 4. The number of carbonyl (C=O) groups is 3. The van der Waals surface area contributed by atoms with Gasteiger partial charge in [0, 0.05) is 17.3 Å². The highest BCUT2D eigenvalue weighted by Gasteiger charge is 2.28. The van der Waals surface area contributed by atoms with E-state index < -0.39 is 30.1 Å². The Kier molecular flexibility index (Phi) is 9.22. The fourth-order valence-corrected chi connectivity index (χ4v) is 3.77. The lowest BCUT2D eigenvalue weighted by Gasteiger charge is -2.22. The van der Waals surface area contributed by atoms with E-state index in [0.29, 0.717) is 0 Å². The Bertz CT molecular complexity index is 1110. The van der Waals surface area contributed by atoms with Crippen LogP contribution in [0.15, 0.2) is 89.4 Å². The molecular weight excluding hydrogens is 500 g/mol. The van der Waals surface area contributed by atoms with Gasteiger partial charge < -0.3 is 20.5 Å². The quantitative estimate of drug-likeness (QED) is 0.370. The molecule has 0 heterocycles. The molecule has 0 saturated carbocycles. The summed E-state index contributed by atoms with van der Waals surface area (Å²) in [7, 11) is 0. The lowest BCUT2D eigenvalue weighted by molar-refractivity contribution is -0.142. The maximum absolute atomic E-state index is 13.1. The molecule has 0 bridgehead atoms. The fourth-order valence-electron chi connectivity index (χ4n) is 3.32. The Hall–Kier alpha value is -3.65. The molecule has 3 aromatic carbocycles. The standard InChI is InChI=1S/C26H25BrN2O5/c27-21-14-8-7-13-20(21)16-23(25(31)32)28-24(30)22(15-18-9-3-1-4-10-18)29-26(33)34-17-19-11-5-2-6-12-19/h1-14,22-23H,15-17H2,(H,28,30)(H,29,33)(H,31,32)/t22-,23-/m0/s1. The van der Waals surface area contributed by atoms with Crippen molar-refractivity contribution in [2.75, 3.05) is 0 Å². The number of carbonyl (C=O) groups excluding carboxylic acids is 2. The van der Waals surface area contributed by atoms with Crippen LogP contribution in [0.4, 0.5) is 4.79 Å². The summed E-state index contributed by atoms with van der Waals surface area (Å²) in [4.78, 5) is 37.4. The van der Waals surface area contributed by atoms with Gasteiger partial charge in [0.1, 0.15) is 18.7 Å². The number of rotatable bonds is 10. The van der Waals surface area contributed by atoms with E-state index in [2.05, 4.69) is 26.6 Å². The summed E-state index contributed by atoms with van der Waals surface area (Å²) in [5, 5.41) is 14.8. The first-order chi connectivity index (χ1) is 16.4. The van der Waals surface area contributed by atoms with E-state index >= 15 is 0 Å². The zero-order valence-corrected chi connectivity index (χ0v) is 19.9. The van der Waals surface area contributed by atoms with E-state index in [4.69, 9.17) is 4.74 Å². The number of aliphatic carboxylic acids is 1. The van der Waals surface area contributed by atoms with Gasteiger partial charge in [-0.25, -0.2) is 9.59 Å². The average Bonchev–Trinajstić information content (AvgIpc) is 2.84. The molecule has 0 aliphatic rings. The zero-order chi connectivity index (χ0) is 24.3. The van der Waals surface area contributed by atoms with Crippen molar-refractivity contribution in [3.63, 3.8) is 0 Å². The van der Waals surface area contributed by atoms with Crippen LogP contribution in [-0.2, 0) is 33.8 Å². The molecule has 176 valence electrons. The molecule has 34 heavy (non-hydrogen) atoms. The van der Waals surface area contributed by atoms with Gasteiger partial charge in [0.05, 0.1) is 0 Å². The van der Waals surface area contributed by atoms with Crippen LogP contribution in [0.3, 0.4) is 0 Å². The van der Waals surface area contributed by atoms with Crippen molar-refractivity contribution >= 4 is 33.9 Å². The molecule has 2 amide bonds. The smallest absolute Gasteiger partial charge is 0.408 e. The molecule has 2 atom stereocenters. The third-order valence-corrected chi connectivity index (χ3v) is 5.87. The highest BCUT2D eigenvalue weighted by molar-refractivity contribution is 9.10. The molecule has 0 spiro atoms. The van der Waals surface area contributed by atoms with E-state index in [-0.39, 0.29) is 19.4 Å². The van der Waals surface area contributed by atoms with Gasteiger partial charge in [-0.05, 0) is 22.8 Å². The normalized spacial score (nSPS) is 12.3. The van der Waals surface area contributed by atoms with Gasteiger partial charge in [-0.15, -0.1) is 0 Å². The highest BCUT2D eigenvalue weighted by atomic mass is 79.9. The highest BCUT2D eigenvalue weighted by Crippen LogP contribution is 2.18. The van der Waals surface area contributed by atoms with Crippen LogP contribution >= 0.6 is 15.9 Å². The van der Waals surface area contributed by atoms with Gasteiger partial charge in [-0.3, -0.25) is 4.79 Å². The minimum atomic E-state index is -1.17. The maximum Gasteiger partial charge on any atom is 0.408 e. The Morgan fingerprint density at radius 2 is 1.35 bits per heavy atom. The predicted octanol–water partition coefficient (Wildman–Crippen LogP) is 4.10. The number of carboxylic acids is 1. The summed E-state index contributed by atoms with van der Waals surface area (Å²) in [5.41, 5.74) is 2.36. The summed E-state index contributed by atoms with van der Waals surface area (Å²) in [6, 6.07) is 23.3. The summed E-state index contributed by atoms with van der Waals surface area (Å²) < 4.78 is 6.01. The van der Waals surface area contributed by atoms with Crippen LogP contribution < -0.4 is 10.6 Å². The molecule has 0 aliphatic carbocycles. The Balaban J connectivity index is 1.70. The van der Waals surface area contributed by atoms with Crippen LogP contribution in [0.5, 0.6) is 0 Å². The molecule has 0 radical (unpaired) electrons. The zero-order valence-electron chi connectivity index (χ0n) is 18.3. The second-order valence-corrected chi connectivity index (χ2v) is 8.50.